The molecule has 0 N–H and O–H groups in total. The molecule has 4 heteroatoms. The molecule has 4 nitrogen and oxygen atoms in total. The molecule has 0 fully saturated rings. The van der Waals surface area contributed by atoms with Gasteiger partial charge < -0.3 is 14.2 Å². The van der Waals surface area contributed by atoms with E-state index in [1.807, 2.05) is 6.08 Å². The normalized spacial score (nSPS) is 28.5. The number of methoxy groups -OCH3 is 2. The Morgan fingerprint density at radius 3 is 2.92 bits per heavy atom. The van der Waals surface area contributed by atoms with E-state index in [2.05, 4.69) is 4.74 Å². The van der Waals surface area contributed by atoms with Gasteiger partial charge in [0.25, 0.3) is 0 Å². The molecule has 0 spiro atoms. The summed E-state index contributed by atoms with van der Waals surface area (Å²) in [7, 11) is 2.86. The Bertz CT molecular complexity index is 187. The van der Waals surface area contributed by atoms with E-state index >= 15 is 0 Å². The molecule has 12 heavy (non-hydrogen) atoms. The van der Waals surface area contributed by atoms with Crippen molar-refractivity contribution in [2.75, 3.05) is 14.2 Å². The second-order valence-electron chi connectivity index (χ2n) is 2.42. The topological polar surface area (TPSA) is 44.8 Å². The summed E-state index contributed by atoms with van der Waals surface area (Å²) in [6.45, 7) is 0. The second kappa shape index (κ2) is 4.23. The zero-order valence-electron chi connectivity index (χ0n) is 7.15. The van der Waals surface area contributed by atoms with Crippen LogP contribution < -0.4 is 0 Å². The second-order valence-corrected chi connectivity index (χ2v) is 2.42. The Morgan fingerprint density at radius 1 is 1.58 bits per heavy atom. The van der Waals surface area contributed by atoms with Crippen LogP contribution in [0.25, 0.3) is 0 Å². The molecule has 1 aliphatic rings. The van der Waals surface area contributed by atoms with Crippen molar-refractivity contribution in [3.8, 4) is 0 Å². The van der Waals surface area contributed by atoms with Gasteiger partial charge in [-0.25, -0.2) is 4.79 Å². The molecule has 0 saturated carbocycles. The van der Waals surface area contributed by atoms with Crippen LogP contribution in [0.5, 0.6) is 0 Å². The molecule has 0 aromatic carbocycles. The highest BCUT2D eigenvalue weighted by Gasteiger charge is 2.24. The Kier molecular flexibility index (Phi) is 3.25. The highest BCUT2D eigenvalue weighted by molar-refractivity contribution is 5.74. The van der Waals surface area contributed by atoms with Crippen LogP contribution in [0.2, 0.25) is 0 Å². The molecule has 0 unspecified atom stereocenters. The van der Waals surface area contributed by atoms with Gasteiger partial charge in [0.15, 0.2) is 12.4 Å². The molecule has 0 saturated heterocycles. The fourth-order valence-corrected chi connectivity index (χ4v) is 0.993. The molecule has 0 bridgehead atoms. The minimum atomic E-state index is -0.523. The van der Waals surface area contributed by atoms with Crippen molar-refractivity contribution >= 4 is 5.97 Å². The van der Waals surface area contributed by atoms with Crippen LogP contribution in [0.1, 0.15) is 6.42 Å². The molecule has 0 aliphatic carbocycles. The summed E-state index contributed by atoms with van der Waals surface area (Å²) >= 11 is 0. The fourth-order valence-electron chi connectivity index (χ4n) is 0.993. The first-order chi connectivity index (χ1) is 5.77. The van der Waals surface area contributed by atoms with Gasteiger partial charge in [-0.15, -0.1) is 0 Å². The number of esters is 1. The van der Waals surface area contributed by atoms with Gasteiger partial charge in [-0.1, -0.05) is 6.08 Å². The van der Waals surface area contributed by atoms with Crippen molar-refractivity contribution in [1.29, 1.82) is 0 Å². The van der Waals surface area contributed by atoms with Crippen molar-refractivity contribution in [1.82, 2.24) is 0 Å². The lowest BCUT2D eigenvalue weighted by Crippen LogP contribution is -2.32. The first kappa shape index (κ1) is 9.22. The van der Waals surface area contributed by atoms with E-state index in [4.69, 9.17) is 9.47 Å². The minimum absolute atomic E-state index is 0.360. The van der Waals surface area contributed by atoms with Crippen LogP contribution in [0.4, 0.5) is 0 Å². The van der Waals surface area contributed by atoms with Crippen molar-refractivity contribution < 1.29 is 19.0 Å². The largest absolute Gasteiger partial charge is 0.467 e. The average molecular weight is 172 g/mol. The predicted octanol–water partition coefficient (Wildman–Crippen LogP) is 0.477. The minimum Gasteiger partial charge on any atom is -0.467 e. The third-order valence-corrected chi connectivity index (χ3v) is 1.64. The molecule has 0 aromatic heterocycles. The Hall–Kier alpha value is -0.870. The SMILES string of the molecule is COC(=O)[C@@H]1CC=C[C@H](OC)O1. The zero-order valence-corrected chi connectivity index (χ0v) is 7.15. The zero-order chi connectivity index (χ0) is 8.97. The van der Waals surface area contributed by atoms with Gasteiger partial charge in [-0.05, 0) is 6.08 Å². The van der Waals surface area contributed by atoms with Crippen molar-refractivity contribution in [2.24, 2.45) is 0 Å². The lowest BCUT2D eigenvalue weighted by molar-refractivity contribution is -0.175. The van der Waals surface area contributed by atoms with Gasteiger partial charge >= 0.3 is 5.97 Å². The first-order valence-corrected chi connectivity index (χ1v) is 3.70. The summed E-state index contributed by atoms with van der Waals surface area (Å²) in [5.74, 6) is -0.360. The van der Waals surface area contributed by atoms with Crippen molar-refractivity contribution in [2.45, 2.75) is 18.8 Å². The number of hydrogen-bond acceptors (Lipinski definition) is 4. The lowest BCUT2D eigenvalue weighted by atomic mass is 10.2. The molecule has 1 rings (SSSR count). The maximum absolute atomic E-state index is 11.0. The van der Waals surface area contributed by atoms with Gasteiger partial charge in [0.2, 0.25) is 0 Å². The van der Waals surface area contributed by atoms with E-state index in [0.29, 0.717) is 6.42 Å². The molecule has 68 valence electrons. The number of hydrogen-bond donors (Lipinski definition) is 0. The number of carbonyl (C=O) groups is 1. The smallest absolute Gasteiger partial charge is 0.335 e. The van der Waals surface area contributed by atoms with Crippen LogP contribution in [-0.2, 0) is 19.0 Å². The Balaban J connectivity index is 2.49. The van der Waals surface area contributed by atoms with Crippen LogP contribution >= 0.6 is 0 Å². The molecule has 2 atom stereocenters. The quantitative estimate of drug-likeness (QED) is 0.449. The molecular weight excluding hydrogens is 160 g/mol. The van der Waals surface area contributed by atoms with Gasteiger partial charge in [-0.3, -0.25) is 0 Å². The molecule has 1 heterocycles. The molecule has 0 aromatic rings. The van der Waals surface area contributed by atoms with Crippen LogP contribution in [-0.4, -0.2) is 32.6 Å². The van der Waals surface area contributed by atoms with Crippen molar-refractivity contribution in [3.63, 3.8) is 0 Å². The van der Waals surface area contributed by atoms with Gasteiger partial charge in [0.05, 0.1) is 7.11 Å². The fraction of sp³-hybridized carbons (Fsp3) is 0.625. The van der Waals surface area contributed by atoms with Crippen LogP contribution in [0.15, 0.2) is 12.2 Å². The van der Waals surface area contributed by atoms with Crippen LogP contribution in [0.3, 0.4) is 0 Å². The molecule has 0 amide bonds. The third kappa shape index (κ3) is 2.06. The maximum Gasteiger partial charge on any atom is 0.335 e. The first-order valence-electron chi connectivity index (χ1n) is 3.70. The predicted molar refractivity (Wildman–Crippen MR) is 41.4 cm³/mol. The summed E-state index contributed by atoms with van der Waals surface area (Å²) in [5, 5.41) is 0. The Labute approximate surface area is 71.1 Å². The highest BCUT2D eigenvalue weighted by Crippen LogP contribution is 2.13. The third-order valence-electron chi connectivity index (χ3n) is 1.64. The van der Waals surface area contributed by atoms with Gasteiger partial charge in [0.1, 0.15) is 0 Å². The summed E-state index contributed by atoms with van der Waals surface area (Å²) in [4.78, 5) is 11.0. The van der Waals surface area contributed by atoms with E-state index in [0.717, 1.165) is 0 Å². The van der Waals surface area contributed by atoms with E-state index in [9.17, 15) is 4.79 Å². The molecule has 0 radical (unpaired) electrons. The van der Waals surface area contributed by atoms with Gasteiger partial charge in [-0.2, -0.15) is 0 Å². The summed E-state index contributed by atoms with van der Waals surface area (Å²) < 4.78 is 14.6. The van der Waals surface area contributed by atoms with E-state index in [-0.39, 0.29) is 5.97 Å². The van der Waals surface area contributed by atoms with E-state index in [1.165, 1.54) is 14.2 Å². The molecule has 1 aliphatic heterocycles. The van der Waals surface area contributed by atoms with Gasteiger partial charge in [0, 0.05) is 13.5 Å². The lowest BCUT2D eigenvalue weighted by Gasteiger charge is -2.22. The van der Waals surface area contributed by atoms with Crippen LogP contribution in [0, 0.1) is 0 Å². The summed E-state index contributed by atoms with van der Waals surface area (Å²) in [6.07, 6.45) is 3.21. The van der Waals surface area contributed by atoms with Crippen molar-refractivity contribution in [3.05, 3.63) is 12.2 Å². The van der Waals surface area contributed by atoms with E-state index in [1.54, 1.807) is 6.08 Å². The number of ether oxygens (including phenoxy) is 3. The van der Waals surface area contributed by atoms with E-state index < -0.39 is 12.4 Å². The Morgan fingerprint density at radius 2 is 2.33 bits per heavy atom. The highest BCUT2D eigenvalue weighted by atomic mass is 16.7. The monoisotopic (exact) mass is 172 g/mol. The number of carbonyl (C=O) groups excluding carboxylic acids is 1. The number of rotatable bonds is 2. The molecular formula is C8H12O4. The summed E-state index contributed by atoms with van der Waals surface area (Å²) in [6, 6.07) is 0. The summed E-state index contributed by atoms with van der Waals surface area (Å²) in [5.41, 5.74) is 0. The standard InChI is InChI=1S/C8H12O4/c1-10-7-5-3-4-6(12-7)8(9)11-2/h3,5-7H,4H2,1-2H3/t6-,7+/m0/s1. The average Bonchev–Trinajstić information content (AvgIpc) is 2.17. The maximum atomic E-state index is 11.0.